The van der Waals surface area contributed by atoms with Crippen molar-refractivity contribution in [3.8, 4) is 5.75 Å². The first-order valence-electron chi connectivity index (χ1n) is 6.16. The van der Waals surface area contributed by atoms with Gasteiger partial charge in [0.25, 0.3) is 0 Å². The van der Waals surface area contributed by atoms with E-state index in [9.17, 15) is 4.79 Å². The van der Waals surface area contributed by atoms with E-state index in [4.69, 9.17) is 9.84 Å². The Labute approximate surface area is 101 Å². The van der Waals surface area contributed by atoms with Gasteiger partial charge in [-0.3, -0.25) is 4.79 Å². The molecule has 0 heterocycles. The first-order chi connectivity index (χ1) is 8.20. The van der Waals surface area contributed by atoms with Gasteiger partial charge in [0.15, 0.2) is 0 Å². The van der Waals surface area contributed by atoms with Crippen molar-refractivity contribution in [1.82, 2.24) is 0 Å². The van der Waals surface area contributed by atoms with Crippen LogP contribution in [0.25, 0.3) is 0 Å². The topological polar surface area (TPSA) is 46.5 Å². The van der Waals surface area contributed by atoms with Crippen LogP contribution in [0.5, 0.6) is 5.75 Å². The molecule has 2 unspecified atom stereocenters. The molecule has 0 radical (unpaired) electrons. The Morgan fingerprint density at radius 1 is 1.47 bits per heavy atom. The van der Waals surface area contributed by atoms with Gasteiger partial charge in [0, 0.05) is 0 Å². The quantitative estimate of drug-likeness (QED) is 0.871. The molecule has 92 valence electrons. The van der Waals surface area contributed by atoms with Crippen LogP contribution in [0.15, 0.2) is 24.3 Å². The summed E-state index contributed by atoms with van der Waals surface area (Å²) in [6, 6.07) is 8.03. The normalized spacial score (nSPS) is 23.6. The molecule has 1 saturated carbocycles. The Hall–Kier alpha value is -1.51. The van der Waals surface area contributed by atoms with Crippen molar-refractivity contribution in [3.05, 3.63) is 29.8 Å². The van der Waals surface area contributed by atoms with E-state index in [0.29, 0.717) is 12.5 Å². The number of hydrogen-bond acceptors (Lipinski definition) is 2. The summed E-state index contributed by atoms with van der Waals surface area (Å²) >= 11 is 0. The summed E-state index contributed by atoms with van der Waals surface area (Å²) < 4.78 is 5.46. The van der Waals surface area contributed by atoms with Gasteiger partial charge in [-0.05, 0) is 49.8 Å². The number of rotatable bonds is 4. The molecule has 1 aliphatic rings. The van der Waals surface area contributed by atoms with Crippen molar-refractivity contribution < 1.29 is 14.6 Å². The average Bonchev–Trinajstić information content (AvgIpc) is 2.79. The predicted octanol–water partition coefficient (Wildman–Crippen LogP) is 3.05. The number of carboxylic acid groups (broad SMARTS) is 1. The molecule has 2 rings (SSSR count). The van der Waals surface area contributed by atoms with E-state index >= 15 is 0 Å². The number of carbonyl (C=O) groups is 1. The lowest BCUT2D eigenvalue weighted by molar-refractivity contribution is -0.141. The lowest BCUT2D eigenvalue weighted by Crippen LogP contribution is -2.09. The molecule has 1 aromatic carbocycles. The third-order valence-electron chi connectivity index (χ3n) is 3.42. The zero-order valence-corrected chi connectivity index (χ0v) is 10.1. The summed E-state index contributed by atoms with van der Waals surface area (Å²) in [4.78, 5) is 10.9. The highest BCUT2D eigenvalue weighted by Crippen LogP contribution is 2.39. The molecule has 2 atom stereocenters. The monoisotopic (exact) mass is 234 g/mol. The number of aliphatic carboxylic acids is 1. The molecular weight excluding hydrogens is 216 g/mol. The third-order valence-corrected chi connectivity index (χ3v) is 3.42. The number of carboxylic acids is 1. The lowest BCUT2D eigenvalue weighted by Gasteiger charge is -2.11. The summed E-state index contributed by atoms with van der Waals surface area (Å²) in [5.41, 5.74) is 1.21. The van der Waals surface area contributed by atoms with E-state index in [1.165, 1.54) is 5.56 Å². The molecule has 0 bridgehead atoms. The molecule has 17 heavy (non-hydrogen) atoms. The zero-order valence-electron chi connectivity index (χ0n) is 10.1. The average molecular weight is 234 g/mol. The van der Waals surface area contributed by atoms with Gasteiger partial charge < -0.3 is 9.84 Å². The van der Waals surface area contributed by atoms with Crippen LogP contribution in [0.2, 0.25) is 0 Å². The van der Waals surface area contributed by atoms with Crippen LogP contribution in [0, 0.1) is 5.92 Å². The number of benzene rings is 1. The number of ether oxygens (including phenoxy) is 1. The highest BCUT2D eigenvalue weighted by Gasteiger charge is 2.30. The van der Waals surface area contributed by atoms with E-state index in [0.717, 1.165) is 25.0 Å². The lowest BCUT2D eigenvalue weighted by atomic mass is 9.96. The summed E-state index contributed by atoms with van der Waals surface area (Å²) in [5, 5.41) is 8.99. The van der Waals surface area contributed by atoms with Gasteiger partial charge in [0.1, 0.15) is 5.75 Å². The molecule has 1 fully saturated rings. The summed E-state index contributed by atoms with van der Waals surface area (Å²) in [6.07, 6.45) is 2.51. The maximum atomic E-state index is 10.9. The Morgan fingerprint density at radius 3 is 2.94 bits per heavy atom. The van der Waals surface area contributed by atoms with E-state index in [1.54, 1.807) is 0 Å². The molecule has 0 amide bonds. The van der Waals surface area contributed by atoms with Crippen LogP contribution >= 0.6 is 0 Å². The maximum Gasteiger partial charge on any atom is 0.306 e. The molecule has 3 heteroatoms. The highest BCUT2D eigenvalue weighted by molar-refractivity contribution is 5.70. The van der Waals surface area contributed by atoms with Crippen LogP contribution < -0.4 is 4.74 Å². The highest BCUT2D eigenvalue weighted by atomic mass is 16.5. The zero-order chi connectivity index (χ0) is 12.3. The van der Waals surface area contributed by atoms with Gasteiger partial charge >= 0.3 is 5.97 Å². The minimum Gasteiger partial charge on any atom is -0.494 e. The molecule has 0 aliphatic heterocycles. The van der Waals surface area contributed by atoms with Gasteiger partial charge in [-0.2, -0.15) is 0 Å². The van der Waals surface area contributed by atoms with Crippen molar-refractivity contribution >= 4 is 5.97 Å². The minimum atomic E-state index is -0.659. The van der Waals surface area contributed by atoms with Crippen molar-refractivity contribution in [2.24, 2.45) is 5.92 Å². The largest absolute Gasteiger partial charge is 0.494 e. The second-order valence-corrected chi connectivity index (χ2v) is 4.55. The second kappa shape index (κ2) is 5.21. The van der Waals surface area contributed by atoms with Gasteiger partial charge in [-0.25, -0.2) is 0 Å². The fourth-order valence-corrected chi connectivity index (χ4v) is 2.53. The second-order valence-electron chi connectivity index (χ2n) is 4.55. The fraction of sp³-hybridized carbons (Fsp3) is 0.500. The molecule has 3 nitrogen and oxygen atoms in total. The summed E-state index contributed by atoms with van der Waals surface area (Å²) in [5.74, 6) is 0.421. The van der Waals surface area contributed by atoms with E-state index in [2.05, 4.69) is 6.07 Å². The van der Waals surface area contributed by atoms with Crippen LogP contribution in [0.1, 0.15) is 37.7 Å². The molecule has 0 saturated heterocycles. The molecule has 1 aromatic rings. The van der Waals surface area contributed by atoms with Crippen molar-refractivity contribution in [2.45, 2.75) is 32.1 Å². The summed E-state index contributed by atoms with van der Waals surface area (Å²) in [7, 11) is 0. The third kappa shape index (κ3) is 2.78. The standard InChI is InChI=1S/C14H18O3/c1-2-17-13-5-3-4-10(9-13)11-6-7-12(8-11)14(15)16/h3-5,9,11-12H,2,6-8H2,1H3,(H,15,16). The van der Waals surface area contributed by atoms with Crippen LogP contribution in [-0.2, 0) is 4.79 Å². The predicted molar refractivity (Wildman–Crippen MR) is 65.3 cm³/mol. The van der Waals surface area contributed by atoms with Gasteiger partial charge in [0.05, 0.1) is 12.5 Å². The molecular formula is C14H18O3. The molecule has 1 N–H and O–H groups in total. The first kappa shape index (κ1) is 12.0. The van der Waals surface area contributed by atoms with Gasteiger partial charge in [0.2, 0.25) is 0 Å². The van der Waals surface area contributed by atoms with E-state index in [-0.39, 0.29) is 5.92 Å². The number of hydrogen-bond donors (Lipinski definition) is 1. The minimum absolute atomic E-state index is 0.171. The van der Waals surface area contributed by atoms with E-state index < -0.39 is 5.97 Å². The van der Waals surface area contributed by atoms with Gasteiger partial charge in [-0.1, -0.05) is 12.1 Å². The maximum absolute atomic E-state index is 10.9. The molecule has 0 spiro atoms. The molecule has 1 aliphatic carbocycles. The Balaban J connectivity index is 2.08. The van der Waals surface area contributed by atoms with Crippen LogP contribution in [-0.4, -0.2) is 17.7 Å². The Morgan fingerprint density at radius 2 is 2.29 bits per heavy atom. The van der Waals surface area contributed by atoms with Crippen molar-refractivity contribution in [1.29, 1.82) is 0 Å². The first-order valence-corrected chi connectivity index (χ1v) is 6.16. The van der Waals surface area contributed by atoms with Crippen molar-refractivity contribution in [2.75, 3.05) is 6.61 Å². The Bertz CT molecular complexity index is 400. The Kier molecular flexibility index (Phi) is 3.67. The fourth-order valence-electron chi connectivity index (χ4n) is 2.53. The smallest absolute Gasteiger partial charge is 0.306 e. The molecule has 0 aromatic heterocycles. The summed E-state index contributed by atoms with van der Waals surface area (Å²) in [6.45, 7) is 2.62. The van der Waals surface area contributed by atoms with Gasteiger partial charge in [-0.15, -0.1) is 0 Å². The van der Waals surface area contributed by atoms with E-state index in [1.807, 2.05) is 25.1 Å². The van der Waals surface area contributed by atoms with Crippen molar-refractivity contribution in [3.63, 3.8) is 0 Å². The van der Waals surface area contributed by atoms with Crippen LogP contribution in [0.4, 0.5) is 0 Å². The van der Waals surface area contributed by atoms with Crippen LogP contribution in [0.3, 0.4) is 0 Å². The SMILES string of the molecule is CCOc1cccc(C2CCC(C(=O)O)C2)c1.